The van der Waals surface area contributed by atoms with Gasteiger partial charge in [-0.2, -0.15) is 5.48 Å². The number of amides is 1. The molecule has 0 radical (unpaired) electrons. The molecule has 1 unspecified atom stereocenters. The van der Waals surface area contributed by atoms with Gasteiger partial charge in [-0.3, -0.25) is 14.3 Å². The first kappa shape index (κ1) is 24.1. The molecular formula is C26H26FN4O4S+. The van der Waals surface area contributed by atoms with E-state index in [1.165, 1.54) is 24.9 Å². The van der Waals surface area contributed by atoms with E-state index in [1.807, 2.05) is 25.1 Å². The van der Waals surface area contributed by atoms with Crippen LogP contribution < -0.4 is 15.8 Å². The Morgan fingerprint density at radius 2 is 2.06 bits per heavy atom. The van der Waals surface area contributed by atoms with Crippen LogP contribution in [-0.4, -0.2) is 32.0 Å². The van der Waals surface area contributed by atoms with Crippen molar-refractivity contribution in [1.82, 2.24) is 14.3 Å². The molecule has 1 fully saturated rings. The summed E-state index contributed by atoms with van der Waals surface area (Å²) in [7, 11) is -0.0364. The first-order chi connectivity index (χ1) is 17.4. The van der Waals surface area contributed by atoms with Crippen molar-refractivity contribution in [1.29, 1.82) is 0 Å². The molecule has 0 saturated heterocycles. The van der Waals surface area contributed by atoms with Gasteiger partial charge >= 0.3 is 0 Å². The summed E-state index contributed by atoms with van der Waals surface area (Å²) < 4.78 is 31.9. The summed E-state index contributed by atoms with van der Waals surface area (Å²) >= 11 is 0. The number of aromatic nitrogens is 2. The number of rotatable bonds is 8. The molecule has 2 aromatic carbocycles. The summed E-state index contributed by atoms with van der Waals surface area (Å²) in [6, 6.07) is 13.6. The van der Waals surface area contributed by atoms with E-state index in [1.54, 1.807) is 28.8 Å². The topological polar surface area (TPSA) is 110 Å². The van der Waals surface area contributed by atoms with Crippen molar-refractivity contribution >= 4 is 33.5 Å². The lowest BCUT2D eigenvalue weighted by Crippen LogP contribution is -2.75. The van der Waals surface area contributed by atoms with E-state index in [2.05, 4.69) is 9.71 Å². The van der Waals surface area contributed by atoms with Gasteiger partial charge in [-0.1, -0.05) is 11.6 Å². The Bertz CT molecular complexity index is 1560. The fraction of sp³-hybridized carbons (Fsp3) is 0.231. The van der Waals surface area contributed by atoms with E-state index in [4.69, 9.17) is 4.84 Å². The maximum atomic E-state index is 14.9. The molecule has 0 aliphatic heterocycles. The zero-order valence-electron chi connectivity index (χ0n) is 19.8. The molecule has 4 N–H and O–H groups in total. The van der Waals surface area contributed by atoms with Crippen LogP contribution in [0, 0.1) is 12.7 Å². The smallest absolute Gasteiger partial charge is 0.280 e. The second-order valence-corrected chi connectivity index (χ2v) is 10.3. The van der Waals surface area contributed by atoms with Gasteiger partial charge in [0.05, 0.1) is 18.9 Å². The Hall–Kier alpha value is -3.60. The van der Waals surface area contributed by atoms with Gasteiger partial charge < -0.3 is 9.55 Å². The van der Waals surface area contributed by atoms with E-state index in [0.29, 0.717) is 33.3 Å². The number of aromatic amines is 1. The molecule has 1 atom stereocenters. The fourth-order valence-corrected chi connectivity index (χ4v) is 5.37. The number of aryl methyl sites for hydroxylation is 1. The molecule has 1 aliphatic carbocycles. The van der Waals surface area contributed by atoms with Crippen molar-refractivity contribution < 1.29 is 23.7 Å². The normalized spacial score (nSPS) is 14.2. The number of carbonyl (C=O) groups excluding carboxylic acids is 1. The third-order valence-corrected chi connectivity index (χ3v) is 7.66. The molecule has 8 nitrogen and oxygen atoms in total. The van der Waals surface area contributed by atoms with Gasteiger partial charge in [-0.25, -0.2) is 13.4 Å². The number of hydrogen-bond acceptors (Lipinski definition) is 4. The van der Waals surface area contributed by atoms with E-state index in [0.717, 1.165) is 18.4 Å². The van der Waals surface area contributed by atoms with Gasteiger partial charge in [0.2, 0.25) is 0 Å². The number of nitrogens with two attached hydrogens (primary N) is 1. The highest BCUT2D eigenvalue weighted by atomic mass is 32.2. The van der Waals surface area contributed by atoms with Crippen LogP contribution in [0.1, 0.15) is 34.5 Å². The van der Waals surface area contributed by atoms with E-state index in [-0.39, 0.29) is 23.0 Å². The Morgan fingerprint density at radius 3 is 2.78 bits per heavy atom. The van der Waals surface area contributed by atoms with Gasteiger partial charge in [0.1, 0.15) is 22.5 Å². The van der Waals surface area contributed by atoms with Crippen LogP contribution in [-0.2, 0) is 22.4 Å². The number of nitrogens with zero attached hydrogens (tertiary/aromatic N) is 1. The lowest BCUT2D eigenvalue weighted by molar-refractivity contribution is -0.830. The Morgan fingerprint density at radius 1 is 1.25 bits per heavy atom. The Balaban J connectivity index is 1.76. The van der Waals surface area contributed by atoms with Gasteiger partial charge in [-0.05, 0) is 50.1 Å². The first-order valence-corrected chi connectivity index (χ1v) is 12.8. The van der Waals surface area contributed by atoms with Gasteiger partial charge in [0, 0.05) is 45.9 Å². The maximum absolute atomic E-state index is 14.9. The number of H-pyrrole nitrogens is 1. The highest BCUT2D eigenvalue weighted by Gasteiger charge is 2.32. The number of benzene rings is 2. The molecule has 0 spiro atoms. The average molecular weight is 510 g/mol. The van der Waals surface area contributed by atoms with Crippen molar-refractivity contribution in [3.05, 3.63) is 87.7 Å². The van der Waals surface area contributed by atoms with E-state index >= 15 is 0 Å². The molecule has 36 heavy (non-hydrogen) atoms. The molecule has 4 aromatic rings. The zero-order valence-corrected chi connectivity index (χ0v) is 20.7. The van der Waals surface area contributed by atoms with Gasteiger partial charge in [0.15, 0.2) is 5.69 Å². The zero-order chi connectivity index (χ0) is 25.4. The van der Waals surface area contributed by atoms with Crippen molar-refractivity contribution in [3.63, 3.8) is 0 Å². The molecule has 2 heterocycles. The molecule has 186 valence electrons. The number of carbonyl (C=O) groups is 1. The summed E-state index contributed by atoms with van der Waals surface area (Å²) in [5.74, 6) is -1.02. The highest BCUT2D eigenvalue weighted by molar-refractivity contribution is 7.84. The number of quaternary nitrogens is 1. The van der Waals surface area contributed by atoms with Crippen molar-refractivity contribution in [2.75, 3.05) is 7.11 Å². The van der Waals surface area contributed by atoms with Gasteiger partial charge in [0.25, 0.3) is 11.5 Å². The summed E-state index contributed by atoms with van der Waals surface area (Å²) in [6.07, 6.45) is 3.09. The first-order valence-electron chi connectivity index (χ1n) is 11.5. The molecular weight excluding hydrogens is 483 g/mol. The predicted molar refractivity (Wildman–Crippen MR) is 135 cm³/mol. The number of fused-ring (bicyclic) bond motifs is 1. The summed E-state index contributed by atoms with van der Waals surface area (Å²) in [4.78, 5) is 34.3. The quantitative estimate of drug-likeness (QED) is 0.251. The monoisotopic (exact) mass is 509 g/mol. The molecule has 10 heteroatoms. The molecule has 1 amide bonds. The molecule has 0 bridgehead atoms. The molecule has 2 aromatic heterocycles. The van der Waals surface area contributed by atoms with Crippen LogP contribution in [0.25, 0.3) is 22.0 Å². The lowest BCUT2D eigenvalue weighted by Gasteiger charge is -2.13. The number of halogens is 1. The van der Waals surface area contributed by atoms with Crippen LogP contribution in [0.5, 0.6) is 0 Å². The molecule has 1 aliphatic rings. The van der Waals surface area contributed by atoms with E-state index < -0.39 is 22.7 Å². The van der Waals surface area contributed by atoms with Crippen LogP contribution in [0.15, 0.2) is 59.5 Å². The fourth-order valence-electron chi connectivity index (χ4n) is 4.36. The molecule has 5 rings (SSSR count). The summed E-state index contributed by atoms with van der Waals surface area (Å²) in [5, 5.41) is 0.602. The average Bonchev–Trinajstić information content (AvgIpc) is 3.66. The maximum Gasteiger partial charge on any atom is 0.280 e. The van der Waals surface area contributed by atoms with Crippen molar-refractivity contribution in [3.8, 4) is 11.1 Å². The number of hydrogen-bond donors (Lipinski definition) is 3. The minimum Gasteiger partial charge on any atom is -0.331 e. The van der Waals surface area contributed by atoms with Crippen molar-refractivity contribution in [2.24, 2.45) is 0 Å². The van der Waals surface area contributed by atoms with Crippen LogP contribution in [0.2, 0.25) is 0 Å². The minimum absolute atomic E-state index is 0.0142. The van der Waals surface area contributed by atoms with Crippen LogP contribution in [0.3, 0.4) is 0 Å². The second kappa shape index (κ2) is 9.81. The summed E-state index contributed by atoms with van der Waals surface area (Å²) in [6.45, 7) is 1.93. The number of nitrogens with one attached hydrogen (secondary N) is 2. The molecule has 1 saturated carbocycles. The third-order valence-electron chi connectivity index (χ3n) is 6.19. The van der Waals surface area contributed by atoms with Gasteiger partial charge in [-0.15, -0.1) is 0 Å². The Kier molecular flexibility index (Phi) is 6.57. The summed E-state index contributed by atoms with van der Waals surface area (Å²) in [5.41, 5.74) is 4.61. The van der Waals surface area contributed by atoms with Crippen molar-refractivity contribution in [2.45, 2.75) is 31.6 Å². The SMILES string of the molecule is CO[NH2+]c1ccc(F)c(Cn2c(C(=O)NS(=O)C3CC3)c(-c3ccc[nH]c3=O)c3cc(C)ccc32)c1. The Labute approximate surface area is 209 Å². The van der Waals surface area contributed by atoms with Crippen LogP contribution >= 0.6 is 0 Å². The highest BCUT2D eigenvalue weighted by Crippen LogP contribution is 2.35. The second-order valence-electron chi connectivity index (χ2n) is 8.88. The standard InChI is InChI=1S/C26H25FN4O4S/c1-15-5-10-22-20(12-15)23(19-4-3-11-28-25(19)32)24(26(33)30-36(34)18-7-8-18)31(22)14-16-13-17(29-35-2)6-9-21(16)27/h3-6,9-13,18,29H,7-8,14H2,1-2H3,(H,28,32)(H,30,33)/p+1. The van der Waals surface area contributed by atoms with E-state index in [9.17, 15) is 18.2 Å². The number of pyridine rings is 1. The predicted octanol–water partition coefficient (Wildman–Crippen LogP) is 2.80. The third kappa shape index (κ3) is 4.62. The van der Waals surface area contributed by atoms with Crippen LogP contribution in [0.4, 0.5) is 10.1 Å². The lowest BCUT2D eigenvalue weighted by atomic mass is 10.0. The largest absolute Gasteiger partial charge is 0.331 e. The minimum atomic E-state index is -1.55.